The summed E-state index contributed by atoms with van der Waals surface area (Å²) in [5, 5.41) is 0. The average Bonchev–Trinajstić information content (AvgIpc) is 2.26. The number of alkyl halides is 3. The van der Waals surface area contributed by atoms with Crippen molar-refractivity contribution in [1.82, 2.24) is 4.90 Å². The van der Waals surface area contributed by atoms with Gasteiger partial charge >= 0.3 is 6.18 Å². The first-order chi connectivity index (χ1) is 6.41. The van der Waals surface area contributed by atoms with E-state index in [4.69, 9.17) is 4.74 Å². The minimum atomic E-state index is -4.14. The fourth-order valence-corrected chi connectivity index (χ4v) is 1.50. The molecule has 1 heterocycles. The summed E-state index contributed by atoms with van der Waals surface area (Å²) in [5.74, 6) is -1.34. The van der Waals surface area contributed by atoms with Gasteiger partial charge in [0.15, 0.2) is 0 Å². The number of hydrogen-bond acceptors (Lipinski definition) is 2. The Morgan fingerprint density at radius 3 is 2.50 bits per heavy atom. The second-order valence-electron chi connectivity index (χ2n) is 3.90. The molecule has 0 amide bonds. The van der Waals surface area contributed by atoms with Crippen LogP contribution in [0.15, 0.2) is 0 Å². The van der Waals surface area contributed by atoms with Crippen LogP contribution in [0, 0.1) is 5.92 Å². The number of ether oxygens (including phenoxy) is 1. The van der Waals surface area contributed by atoms with Crippen LogP contribution in [0.1, 0.15) is 13.8 Å². The molecule has 0 aliphatic carbocycles. The van der Waals surface area contributed by atoms with E-state index in [9.17, 15) is 13.2 Å². The molecule has 1 rings (SSSR count). The fraction of sp³-hybridized carbons (Fsp3) is 1.00. The van der Waals surface area contributed by atoms with Crippen molar-refractivity contribution in [1.29, 1.82) is 0 Å². The van der Waals surface area contributed by atoms with Crippen LogP contribution >= 0.6 is 0 Å². The molecule has 1 aliphatic rings. The van der Waals surface area contributed by atoms with Crippen molar-refractivity contribution in [3.05, 3.63) is 0 Å². The Hall–Kier alpha value is -0.290. The standard InChI is InChI=1S/C9H16F3NO/c1-7(2)13-3-4-14-6-8(5-13)9(10,11)12/h7-8H,3-6H2,1-2H3/t8-/m0/s1. The van der Waals surface area contributed by atoms with E-state index in [1.54, 1.807) is 0 Å². The van der Waals surface area contributed by atoms with E-state index in [2.05, 4.69) is 0 Å². The minimum absolute atomic E-state index is 0.0567. The molecular formula is C9H16F3NO. The summed E-state index contributed by atoms with van der Waals surface area (Å²) in [7, 11) is 0. The van der Waals surface area contributed by atoms with Crippen LogP contribution in [0.2, 0.25) is 0 Å². The van der Waals surface area contributed by atoms with Crippen LogP contribution in [-0.4, -0.2) is 43.4 Å². The Morgan fingerprint density at radius 1 is 1.36 bits per heavy atom. The molecule has 0 bridgehead atoms. The number of nitrogens with zero attached hydrogens (tertiary/aromatic N) is 1. The SMILES string of the molecule is CC(C)N1CCOC[C@@H](C(F)(F)F)C1. The molecule has 0 spiro atoms. The van der Waals surface area contributed by atoms with Crippen molar-refractivity contribution >= 4 is 0 Å². The Kier molecular flexibility index (Phi) is 3.78. The molecule has 1 saturated heterocycles. The number of hydrogen-bond donors (Lipinski definition) is 0. The highest BCUT2D eigenvalue weighted by Crippen LogP contribution is 2.28. The summed E-state index contributed by atoms with van der Waals surface area (Å²) in [6.45, 7) is 4.64. The van der Waals surface area contributed by atoms with Gasteiger partial charge < -0.3 is 4.74 Å². The van der Waals surface area contributed by atoms with E-state index in [-0.39, 0.29) is 19.2 Å². The van der Waals surface area contributed by atoms with Gasteiger partial charge in [-0.1, -0.05) is 0 Å². The molecule has 14 heavy (non-hydrogen) atoms. The quantitative estimate of drug-likeness (QED) is 0.657. The number of halogens is 3. The average molecular weight is 211 g/mol. The lowest BCUT2D eigenvalue weighted by molar-refractivity contribution is -0.187. The maximum absolute atomic E-state index is 12.5. The second kappa shape index (κ2) is 4.49. The van der Waals surface area contributed by atoms with Crippen LogP contribution in [-0.2, 0) is 4.74 Å². The summed E-state index contributed by atoms with van der Waals surface area (Å²) >= 11 is 0. The molecule has 1 fully saturated rings. The Labute approximate surface area is 82.0 Å². The van der Waals surface area contributed by atoms with Gasteiger partial charge in [0.05, 0.1) is 19.1 Å². The Balaban J connectivity index is 2.60. The van der Waals surface area contributed by atoms with Gasteiger partial charge in [0.25, 0.3) is 0 Å². The Bertz CT molecular complexity index is 181. The smallest absolute Gasteiger partial charge is 0.379 e. The van der Waals surface area contributed by atoms with E-state index in [0.29, 0.717) is 13.2 Å². The lowest BCUT2D eigenvalue weighted by atomic mass is 10.1. The molecule has 0 aromatic heterocycles. The maximum atomic E-state index is 12.5. The fourth-order valence-electron chi connectivity index (χ4n) is 1.50. The first kappa shape index (κ1) is 11.8. The summed E-state index contributed by atoms with van der Waals surface area (Å²) in [4.78, 5) is 1.81. The van der Waals surface area contributed by atoms with Gasteiger partial charge in [0.2, 0.25) is 0 Å². The zero-order valence-electron chi connectivity index (χ0n) is 8.47. The van der Waals surface area contributed by atoms with Crippen LogP contribution < -0.4 is 0 Å². The highest BCUT2D eigenvalue weighted by atomic mass is 19.4. The third-order valence-electron chi connectivity index (χ3n) is 2.49. The largest absolute Gasteiger partial charge is 0.395 e. The summed E-state index contributed by atoms with van der Waals surface area (Å²) < 4.78 is 42.3. The van der Waals surface area contributed by atoms with E-state index < -0.39 is 12.1 Å². The molecule has 2 nitrogen and oxygen atoms in total. The lowest BCUT2D eigenvalue weighted by Crippen LogP contribution is -2.40. The van der Waals surface area contributed by atoms with E-state index >= 15 is 0 Å². The van der Waals surface area contributed by atoms with Crippen LogP contribution in [0.5, 0.6) is 0 Å². The van der Waals surface area contributed by atoms with Crippen LogP contribution in [0.25, 0.3) is 0 Å². The molecule has 5 heteroatoms. The minimum Gasteiger partial charge on any atom is -0.379 e. The highest BCUT2D eigenvalue weighted by molar-refractivity contribution is 4.76. The normalized spacial score (nSPS) is 26.6. The summed E-state index contributed by atoms with van der Waals surface area (Å²) in [6.07, 6.45) is -4.14. The molecular weight excluding hydrogens is 195 g/mol. The molecule has 0 aromatic carbocycles. The van der Waals surface area contributed by atoms with Crippen molar-refractivity contribution in [3.8, 4) is 0 Å². The van der Waals surface area contributed by atoms with Crippen molar-refractivity contribution in [2.75, 3.05) is 26.3 Å². The van der Waals surface area contributed by atoms with E-state index in [1.807, 2.05) is 18.7 Å². The molecule has 84 valence electrons. The van der Waals surface area contributed by atoms with Crippen molar-refractivity contribution < 1.29 is 17.9 Å². The topological polar surface area (TPSA) is 12.5 Å². The Morgan fingerprint density at radius 2 is 2.00 bits per heavy atom. The molecule has 1 atom stereocenters. The molecule has 0 saturated carbocycles. The van der Waals surface area contributed by atoms with Gasteiger partial charge in [0.1, 0.15) is 0 Å². The van der Waals surface area contributed by atoms with Gasteiger partial charge in [-0.15, -0.1) is 0 Å². The molecule has 0 aromatic rings. The van der Waals surface area contributed by atoms with Crippen LogP contribution in [0.3, 0.4) is 0 Å². The highest BCUT2D eigenvalue weighted by Gasteiger charge is 2.41. The van der Waals surface area contributed by atoms with Gasteiger partial charge in [-0.05, 0) is 13.8 Å². The molecule has 0 unspecified atom stereocenters. The van der Waals surface area contributed by atoms with Gasteiger partial charge in [-0.25, -0.2) is 0 Å². The zero-order chi connectivity index (χ0) is 10.8. The summed E-state index contributed by atoms with van der Waals surface area (Å²) in [5.41, 5.74) is 0. The van der Waals surface area contributed by atoms with Crippen molar-refractivity contribution in [3.63, 3.8) is 0 Å². The molecule has 0 N–H and O–H groups in total. The molecule has 1 aliphatic heterocycles. The predicted octanol–water partition coefficient (Wildman–Crippen LogP) is 1.91. The lowest BCUT2D eigenvalue weighted by Gasteiger charge is -2.27. The monoisotopic (exact) mass is 211 g/mol. The van der Waals surface area contributed by atoms with Gasteiger partial charge in [-0.2, -0.15) is 13.2 Å². The second-order valence-corrected chi connectivity index (χ2v) is 3.90. The third-order valence-corrected chi connectivity index (χ3v) is 2.49. The predicted molar refractivity (Wildman–Crippen MR) is 47.1 cm³/mol. The first-order valence-electron chi connectivity index (χ1n) is 4.79. The van der Waals surface area contributed by atoms with E-state index in [0.717, 1.165) is 0 Å². The molecule has 0 radical (unpaired) electrons. The van der Waals surface area contributed by atoms with Gasteiger partial charge in [0, 0.05) is 19.1 Å². The summed E-state index contributed by atoms with van der Waals surface area (Å²) in [6, 6.07) is 0.140. The van der Waals surface area contributed by atoms with Crippen molar-refractivity contribution in [2.24, 2.45) is 5.92 Å². The maximum Gasteiger partial charge on any atom is 0.395 e. The first-order valence-corrected chi connectivity index (χ1v) is 4.79. The van der Waals surface area contributed by atoms with Crippen LogP contribution in [0.4, 0.5) is 13.2 Å². The van der Waals surface area contributed by atoms with Gasteiger partial charge in [-0.3, -0.25) is 4.90 Å². The third kappa shape index (κ3) is 3.13. The zero-order valence-corrected chi connectivity index (χ0v) is 8.47. The van der Waals surface area contributed by atoms with E-state index in [1.165, 1.54) is 0 Å². The van der Waals surface area contributed by atoms with Crippen molar-refractivity contribution in [2.45, 2.75) is 26.1 Å². The number of rotatable bonds is 1.